The molecule has 3 nitrogen and oxygen atoms in total. The number of anilines is 1. The molecule has 0 heterocycles. The van der Waals surface area contributed by atoms with Crippen LogP contribution in [0.25, 0.3) is 0 Å². The Kier molecular flexibility index (Phi) is 5.55. The maximum absolute atomic E-state index is 11.8. The molecule has 0 fully saturated rings. The van der Waals surface area contributed by atoms with Gasteiger partial charge in [-0.1, -0.05) is 26.0 Å². The average Bonchev–Trinajstić information content (AvgIpc) is 2.28. The first-order valence-electron chi connectivity index (χ1n) is 6.94. The van der Waals surface area contributed by atoms with Crippen LogP contribution in [0.1, 0.15) is 46.1 Å². The lowest BCUT2D eigenvalue weighted by Gasteiger charge is -2.17. The average molecular weight is 262 g/mol. The molecule has 1 aromatic rings. The Bertz CT molecular complexity index is 402. The van der Waals surface area contributed by atoms with Crippen molar-refractivity contribution >= 4 is 11.6 Å². The van der Waals surface area contributed by atoms with Crippen LogP contribution in [0.15, 0.2) is 24.3 Å². The van der Waals surface area contributed by atoms with Gasteiger partial charge in [-0.15, -0.1) is 0 Å². The Hall–Kier alpha value is -1.35. The number of hydrogen-bond acceptors (Lipinski definition) is 2. The number of rotatable bonds is 6. The van der Waals surface area contributed by atoms with Gasteiger partial charge in [-0.3, -0.25) is 4.79 Å². The van der Waals surface area contributed by atoms with E-state index in [2.05, 4.69) is 31.3 Å². The van der Waals surface area contributed by atoms with E-state index in [1.165, 1.54) is 5.56 Å². The number of carbonyl (C=O) groups excluding carboxylic acids is 1. The fourth-order valence-electron chi connectivity index (χ4n) is 1.85. The lowest BCUT2D eigenvalue weighted by atomic mass is 10.00. The quantitative estimate of drug-likeness (QED) is 0.826. The minimum atomic E-state index is -0.293. The number of carbonyl (C=O) groups is 1. The minimum Gasteiger partial charge on any atom is -0.326 e. The lowest BCUT2D eigenvalue weighted by molar-refractivity contribution is -0.116. The first-order valence-corrected chi connectivity index (χ1v) is 6.94. The number of nitrogens with two attached hydrogens (primary N) is 1. The van der Waals surface area contributed by atoms with Crippen LogP contribution in [0, 0.1) is 5.92 Å². The Balaban J connectivity index is 2.47. The summed E-state index contributed by atoms with van der Waals surface area (Å²) in [6, 6.07) is 8.07. The minimum absolute atomic E-state index is 0.0233. The molecular formula is C16H26N2O. The summed E-state index contributed by atoms with van der Waals surface area (Å²) in [6.07, 6.45) is 2.21. The molecule has 0 aliphatic carbocycles. The highest BCUT2D eigenvalue weighted by Gasteiger charge is 2.13. The molecule has 1 aromatic carbocycles. The summed E-state index contributed by atoms with van der Waals surface area (Å²) in [5.41, 5.74) is 7.73. The van der Waals surface area contributed by atoms with E-state index >= 15 is 0 Å². The fourth-order valence-corrected chi connectivity index (χ4v) is 1.85. The third-order valence-corrected chi connectivity index (χ3v) is 2.88. The van der Waals surface area contributed by atoms with Gasteiger partial charge in [0.2, 0.25) is 5.91 Å². The number of benzene rings is 1. The lowest BCUT2D eigenvalue weighted by Crippen LogP contribution is -2.33. The molecule has 0 saturated carbocycles. The summed E-state index contributed by atoms with van der Waals surface area (Å²) in [7, 11) is 0. The molecule has 19 heavy (non-hydrogen) atoms. The van der Waals surface area contributed by atoms with Gasteiger partial charge in [0.05, 0.1) is 0 Å². The molecule has 1 rings (SSSR count). The fraction of sp³-hybridized carbons (Fsp3) is 0.562. The maximum Gasteiger partial charge on any atom is 0.224 e. The summed E-state index contributed by atoms with van der Waals surface area (Å²) in [5.74, 6) is 0.669. The van der Waals surface area contributed by atoms with Gasteiger partial charge in [0.1, 0.15) is 0 Å². The van der Waals surface area contributed by atoms with Gasteiger partial charge in [-0.05, 0) is 50.3 Å². The number of amides is 1. The third-order valence-electron chi connectivity index (χ3n) is 2.88. The maximum atomic E-state index is 11.8. The predicted molar refractivity (Wildman–Crippen MR) is 81.1 cm³/mol. The second-order valence-corrected chi connectivity index (χ2v) is 6.33. The molecule has 0 aliphatic heterocycles. The third kappa shape index (κ3) is 6.97. The summed E-state index contributed by atoms with van der Waals surface area (Å²) in [5, 5.41) is 2.90. The summed E-state index contributed by atoms with van der Waals surface area (Å²) in [6.45, 7) is 8.26. The predicted octanol–water partition coefficient (Wildman–Crippen LogP) is 3.34. The van der Waals surface area contributed by atoms with Crippen LogP contribution in [-0.4, -0.2) is 11.4 Å². The van der Waals surface area contributed by atoms with Crippen molar-refractivity contribution in [1.82, 2.24) is 0 Å². The van der Waals surface area contributed by atoms with Gasteiger partial charge in [0.25, 0.3) is 0 Å². The van der Waals surface area contributed by atoms with E-state index in [0.717, 1.165) is 12.1 Å². The van der Waals surface area contributed by atoms with Crippen molar-refractivity contribution in [3.8, 4) is 0 Å². The zero-order valence-corrected chi connectivity index (χ0v) is 12.5. The normalized spacial score (nSPS) is 11.7. The van der Waals surface area contributed by atoms with Gasteiger partial charge in [-0.25, -0.2) is 0 Å². The molecule has 106 valence electrons. The number of nitrogens with one attached hydrogen (secondary N) is 1. The molecule has 0 atom stereocenters. The molecule has 0 aliphatic rings. The Morgan fingerprint density at radius 3 is 2.32 bits per heavy atom. The SMILES string of the molecule is CC(C)Cc1ccc(NC(=O)CCC(C)(C)N)cc1. The van der Waals surface area contributed by atoms with Crippen molar-refractivity contribution in [2.45, 2.75) is 52.5 Å². The summed E-state index contributed by atoms with van der Waals surface area (Å²) >= 11 is 0. The van der Waals surface area contributed by atoms with Crippen molar-refractivity contribution < 1.29 is 4.79 Å². The molecule has 0 spiro atoms. The van der Waals surface area contributed by atoms with E-state index in [4.69, 9.17) is 5.73 Å². The molecular weight excluding hydrogens is 236 g/mol. The molecule has 1 amide bonds. The van der Waals surface area contributed by atoms with E-state index in [1.807, 2.05) is 26.0 Å². The van der Waals surface area contributed by atoms with Crippen LogP contribution in [0.5, 0.6) is 0 Å². The van der Waals surface area contributed by atoms with Gasteiger partial charge in [0, 0.05) is 17.6 Å². The van der Waals surface area contributed by atoms with Crippen molar-refractivity contribution in [2.24, 2.45) is 11.7 Å². The standard InChI is InChI=1S/C16H26N2O/c1-12(2)11-13-5-7-14(8-6-13)18-15(19)9-10-16(3,4)17/h5-8,12H,9-11,17H2,1-4H3,(H,18,19). The van der Waals surface area contributed by atoms with Gasteiger partial charge in [-0.2, -0.15) is 0 Å². The second-order valence-electron chi connectivity index (χ2n) is 6.33. The van der Waals surface area contributed by atoms with Crippen LogP contribution in [0.3, 0.4) is 0 Å². The van der Waals surface area contributed by atoms with Gasteiger partial charge >= 0.3 is 0 Å². The smallest absolute Gasteiger partial charge is 0.224 e. The van der Waals surface area contributed by atoms with Gasteiger partial charge in [0.15, 0.2) is 0 Å². The molecule has 0 unspecified atom stereocenters. The highest BCUT2D eigenvalue weighted by molar-refractivity contribution is 5.90. The molecule has 0 aromatic heterocycles. The van der Waals surface area contributed by atoms with Crippen LogP contribution < -0.4 is 11.1 Å². The first kappa shape index (κ1) is 15.7. The first-order chi connectivity index (χ1) is 8.76. The molecule has 3 heteroatoms. The van der Waals surface area contributed by atoms with E-state index in [0.29, 0.717) is 18.8 Å². The van der Waals surface area contributed by atoms with E-state index < -0.39 is 0 Å². The van der Waals surface area contributed by atoms with Crippen LogP contribution in [0.2, 0.25) is 0 Å². The Morgan fingerprint density at radius 2 is 1.84 bits per heavy atom. The van der Waals surface area contributed by atoms with Crippen molar-refractivity contribution in [1.29, 1.82) is 0 Å². The van der Waals surface area contributed by atoms with Crippen molar-refractivity contribution in [3.63, 3.8) is 0 Å². The summed E-state index contributed by atoms with van der Waals surface area (Å²) in [4.78, 5) is 11.8. The second kappa shape index (κ2) is 6.71. The molecule has 0 bridgehead atoms. The van der Waals surface area contributed by atoms with Crippen LogP contribution in [0.4, 0.5) is 5.69 Å². The monoisotopic (exact) mass is 262 g/mol. The molecule has 0 radical (unpaired) electrons. The Morgan fingerprint density at radius 1 is 1.26 bits per heavy atom. The van der Waals surface area contributed by atoms with E-state index in [1.54, 1.807) is 0 Å². The molecule has 0 saturated heterocycles. The van der Waals surface area contributed by atoms with Crippen LogP contribution >= 0.6 is 0 Å². The van der Waals surface area contributed by atoms with E-state index in [9.17, 15) is 4.79 Å². The highest BCUT2D eigenvalue weighted by Crippen LogP contribution is 2.14. The van der Waals surface area contributed by atoms with Gasteiger partial charge < -0.3 is 11.1 Å². The highest BCUT2D eigenvalue weighted by atomic mass is 16.1. The van der Waals surface area contributed by atoms with Crippen molar-refractivity contribution in [2.75, 3.05) is 5.32 Å². The summed E-state index contributed by atoms with van der Waals surface area (Å²) < 4.78 is 0. The molecule has 3 N–H and O–H groups in total. The van der Waals surface area contributed by atoms with Crippen molar-refractivity contribution in [3.05, 3.63) is 29.8 Å². The number of hydrogen-bond donors (Lipinski definition) is 2. The largest absolute Gasteiger partial charge is 0.326 e. The topological polar surface area (TPSA) is 55.1 Å². The van der Waals surface area contributed by atoms with E-state index in [-0.39, 0.29) is 11.4 Å². The zero-order chi connectivity index (χ0) is 14.5. The Labute approximate surface area is 116 Å². The van der Waals surface area contributed by atoms with Crippen LogP contribution in [-0.2, 0) is 11.2 Å². The zero-order valence-electron chi connectivity index (χ0n) is 12.5.